The van der Waals surface area contributed by atoms with Crippen molar-refractivity contribution in [2.24, 2.45) is 0 Å². The molecule has 21 heavy (non-hydrogen) atoms. The van der Waals surface area contributed by atoms with Crippen molar-refractivity contribution < 1.29 is 9.21 Å². The molecule has 1 amide bonds. The van der Waals surface area contributed by atoms with Crippen LogP contribution in [-0.2, 0) is 0 Å². The maximum absolute atomic E-state index is 12.7. The number of hydrogen-bond donors (Lipinski definition) is 0. The van der Waals surface area contributed by atoms with E-state index in [4.69, 9.17) is 4.42 Å². The van der Waals surface area contributed by atoms with Crippen molar-refractivity contribution in [2.45, 2.75) is 32.2 Å². The minimum atomic E-state index is -0.226. The van der Waals surface area contributed by atoms with Crippen LogP contribution in [0.25, 0.3) is 0 Å². The molecule has 3 heterocycles. The lowest BCUT2D eigenvalue weighted by atomic mass is 10.0. The third-order valence-electron chi connectivity index (χ3n) is 3.60. The van der Waals surface area contributed by atoms with Crippen LogP contribution in [0, 0.1) is 6.92 Å². The highest BCUT2D eigenvalue weighted by Gasteiger charge is 2.31. The Labute approximate surface area is 126 Å². The number of aromatic nitrogens is 1. The number of likely N-dealkylation sites (tertiary alicyclic amines) is 1. The van der Waals surface area contributed by atoms with Crippen LogP contribution in [0.1, 0.15) is 46.6 Å². The predicted molar refractivity (Wildman–Crippen MR) is 79.5 cm³/mol. The number of carbonyl (C=O) groups is 1. The Balaban J connectivity index is 1.92. The monoisotopic (exact) mass is 304 g/mol. The van der Waals surface area contributed by atoms with Gasteiger partial charge in [0.2, 0.25) is 0 Å². The van der Waals surface area contributed by atoms with Crippen molar-refractivity contribution in [3.63, 3.8) is 0 Å². The molecule has 0 aliphatic carbocycles. The van der Waals surface area contributed by atoms with Gasteiger partial charge in [0.1, 0.15) is 10.8 Å². The highest BCUT2D eigenvalue weighted by atomic mass is 32.1. The number of thiazole rings is 1. The van der Waals surface area contributed by atoms with Gasteiger partial charge >= 0.3 is 0 Å². The van der Waals surface area contributed by atoms with Gasteiger partial charge in [-0.3, -0.25) is 9.59 Å². The Morgan fingerprint density at radius 1 is 1.43 bits per heavy atom. The van der Waals surface area contributed by atoms with Gasteiger partial charge in [0.05, 0.1) is 6.04 Å². The molecule has 6 heteroatoms. The molecule has 1 aliphatic rings. The molecular weight excluding hydrogens is 288 g/mol. The van der Waals surface area contributed by atoms with Crippen molar-refractivity contribution in [3.05, 3.63) is 50.5 Å². The topological polar surface area (TPSA) is 63.4 Å². The summed E-state index contributed by atoms with van der Waals surface area (Å²) in [5.41, 5.74) is -0.204. The molecule has 0 N–H and O–H groups in total. The molecule has 0 bridgehead atoms. The summed E-state index contributed by atoms with van der Waals surface area (Å²) in [5, 5.41) is 2.86. The van der Waals surface area contributed by atoms with E-state index in [0.29, 0.717) is 12.3 Å². The lowest BCUT2D eigenvalue weighted by Gasteiger charge is -2.34. The van der Waals surface area contributed by atoms with Crippen LogP contribution in [0.2, 0.25) is 0 Å². The van der Waals surface area contributed by atoms with Crippen LogP contribution in [0.15, 0.2) is 32.9 Å². The Hall–Kier alpha value is -1.95. The van der Waals surface area contributed by atoms with E-state index in [1.807, 2.05) is 5.38 Å². The molecule has 5 nitrogen and oxygen atoms in total. The largest absolute Gasteiger partial charge is 0.456 e. The van der Waals surface area contributed by atoms with Gasteiger partial charge in [0, 0.05) is 30.3 Å². The van der Waals surface area contributed by atoms with Crippen LogP contribution in [0.3, 0.4) is 0 Å². The second-order valence-electron chi connectivity index (χ2n) is 5.15. The Morgan fingerprint density at radius 3 is 3.00 bits per heavy atom. The smallest absolute Gasteiger partial charge is 0.290 e. The lowest BCUT2D eigenvalue weighted by molar-refractivity contribution is 0.0574. The maximum Gasteiger partial charge on any atom is 0.290 e. The SMILES string of the molecule is Cc1cc(=O)cc(C(=O)N2CCCC[C@H]2c2nccs2)o1. The zero-order valence-corrected chi connectivity index (χ0v) is 12.6. The molecule has 0 saturated carbocycles. The van der Waals surface area contributed by atoms with Crippen LogP contribution in [-0.4, -0.2) is 22.3 Å². The van der Waals surface area contributed by atoms with Gasteiger partial charge < -0.3 is 9.32 Å². The van der Waals surface area contributed by atoms with Gasteiger partial charge in [-0.2, -0.15) is 0 Å². The van der Waals surface area contributed by atoms with Gasteiger partial charge in [-0.05, 0) is 26.2 Å². The summed E-state index contributed by atoms with van der Waals surface area (Å²) in [6.07, 6.45) is 4.69. The van der Waals surface area contributed by atoms with Gasteiger partial charge in [-0.15, -0.1) is 11.3 Å². The molecule has 0 spiro atoms. The van der Waals surface area contributed by atoms with Crippen molar-refractivity contribution in [3.8, 4) is 0 Å². The van der Waals surface area contributed by atoms with E-state index in [9.17, 15) is 9.59 Å². The number of piperidine rings is 1. The summed E-state index contributed by atoms with van der Waals surface area (Å²) in [6.45, 7) is 2.34. The summed E-state index contributed by atoms with van der Waals surface area (Å²) in [5.74, 6) is 0.341. The summed E-state index contributed by atoms with van der Waals surface area (Å²) in [6, 6.07) is 2.63. The first kappa shape index (κ1) is 14.0. The summed E-state index contributed by atoms with van der Waals surface area (Å²) in [7, 11) is 0. The molecule has 0 radical (unpaired) electrons. The van der Waals surface area contributed by atoms with Gasteiger partial charge in [-0.1, -0.05) is 0 Å². The molecule has 1 atom stereocenters. The van der Waals surface area contributed by atoms with E-state index in [2.05, 4.69) is 4.98 Å². The Morgan fingerprint density at radius 2 is 2.29 bits per heavy atom. The molecule has 0 aromatic carbocycles. The molecule has 1 fully saturated rings. The minimum absolute atomic E-state index is 0.0166. The number of amides is 1. The zero-order valence-electron chi connectivity index (χ0n) is 11.7. The van der Waals surface area contributed by atoms with Gasteiger partial charge in [0.25, 0.3) is 5.91 Å². The van der Waals surface area contributed by atoms with E-state index >= 15 is 0 Å². The van der Waals surface area contributed by atoms with E-state index in [-0.39, 0.29) is 23.1 Å². The van der Waals surface area contributed by atoms with E-state index in [1.54, 1.807) is 29.4 Å². The quantitative estimate of drug-likeness (QED) is 0.856. The number of aryl methyl sites for hydroxylation is 1. The first-order valence-electron chi connectivity index (χ1n) is 6.97. The number of carbonyl (C=O) groups excluding carboxylic acids is 1. The summed E-state index contributed by atoms with van der Waals surface area (Å²) >= 11 is 1.55. The first-order chi connectivity index (χ1) is 10.1. The Kier molecular flexibility index (Phi) is 3.88. The normalized spacial score (nSPS) is 18.7. The third kappa shape index (κ3) is 2.90. The fourth-order valence-electron chi connectivity index (χ4n) is 2.68. The second-order valence-corrected chi connectivity index (χ2v) is 6.07. The molecular formula is C15H16N2O3S. The average Bonchev–Trinajstić information content (AvgIpc) is 2.99. The van der Waals surface area contributed by atoms with Crippen LogP contribution in [0.5, 0.6) is 0 Å². The predicted octanol–water partition coefficient (Wildman–Crippen LogP) is 2.77. The molecule has 110 valence electrons. The fraction of sp³-hybridized carbons (Fsp3) is 0.400. The van der Waals surface area contributed by atoms with E-state index < -0.39 is 0 Å². The van der Waals surface area contributed by atoms with E-state index in [0.717, 1.165) is 24.3 Å². The second kappa shape index (κ2) is 5.81. The maximum atomic E-state index is 12.7. The van der Waals surface area contributed by atoms with Crippen molar-refractivity contribution in [2.75, 3.05) is 6.54 Å². The molecule has 1 saturated heterocycles. The Bertz CT molecular complexity index is 693. The molecule has 0 unspecified atom stereocenters. The standard InChI is InChI=1S/C15H16N2O3S/c1-10-8-11(18)9-13(20-10)15(19)17-6-3-2-4-12(17)14-16-5-7-21-14/h5,7-9,12H,2-4,6H2,1H3/t12-/m0/s1. The minimum Gasteiger partial charge on any atom is -0.456 e. The van der Waals surface area contributed by atoms with Crippen molar-refractivity contribution in [1.29, 1.82) is 0 Å². The number of rotatable bonds is 2. The summed E-state index contributed by atoms with van der Waals surface area (Å²) < 4.78 is 5.43. The zero-order chi connectivity index (χ0) is 14.8. The van der Waals surface area contributed by atoms with Crippen LogP contribution < -0.4 is 5.43 Å². The molecule has 2 aromatic heterocycles. The average molecular weight is 304 g/mol. The molecule has 3 rings (SSSR count). The van der Waals surface area contributed by atoms with Crippen LogP contribution >= 0.6 is 11.3 Å². The highest BCUT2D eigenvalue weighted by Crippen LogP contribution is 2.33. The fourth-order valence-corrected chi connectivity index (χ4v) is 3.47. The van der Waals surface area contributed by atoms with Crippen molar-refractivity contribution >= 4 is 17.2 Å². The number of nitrogens with zero attached hydrogens (tertiary/aromatic N) is 2. The first-order valence-corrected chi connectivity index (χ1v) is 7.85. The van der Waals surface area contributed by atoms with Crippen molar-refractivity contribution in [1.82, 2.24) is 9.88 Å². The van der Waals surface area contributed by atoms with Gasteiger partial charge in [-0.25, -0.2) is 4.98 Å². The molecule has 1 aliphatic heterocycles. The number of hydrogen-bond acceptors (Lipinski definition) is 5. The lowest BCUT2D eigenvalue weighted by Crippen LogP contribution is -2.38. The summed E-state index contributed by atoms with van der Waals surface area (Å²) in [4.78, 5) is 30.4. The third-order valence-corrected chi connectivity index (χ3v) is 4.48. The molecule has 2 aromatic rings. The van der Waals surface area contributed by atoms with Crippen LogP contribution in [0.4, 0.5) is 0 Å². The van der Waals surface area contributed by atoms with Gasteiger partial charge in [0.15, 0.2) is 11.2 Å². The highest BCUT2D eigenvalue weighted by molar-refractivity contribution is 7.09. The van der Waals surface area contributed by atoms with E-state index in [1.165, 1.54) is 12.1 Å².